The number of nitrogens with two attached hydrogens (primary N) is 1. The van der Waals surface area contributed by atoms with E-state index in [0.717, 1.165) is 4.68 Å². The number of hydrogen-bond donors (Lipinski definition) is 1. The van der Waals surface area contributed by atoms with Crippen molar-refractivity contribution < 1.29 is 4.42 Å². The van der Waals surface area contributed by atoms with Crippen molar-refractivity contribution in [2.24, 2.45) is 5.73 Å². The van der Waals surface area contributed by atoms with Gasteiger partial charge in [0.05, 0.1) is 12.8 Å². The second kappa shape index (κ2) is 4.95. The molecular formula is C8H12ClN5O2. The molecule has 8 heteroatoms. The molecule has 2 aromatic rings. The molecule has 7 nitrogen and oxygen atoms in total. The van der Waals surface area contributed by atoms with Gasteiger partial charge in [-0.05, 0) is 23.4 Å². The van der Waals surface area contributed by atoms with Gasteiger partial charge in [-0.25, -0.2) is 4.79 Å². The Morgan fingerprint density at radius 1 is 1.56 bits per heavy atom. The molecule has 0 aliphatic carbocycles. The summed E-state index contributed by atoms with van der Waals surface area (Å²) < 4.78 is 7.32. The average molecular weight is 246 g/mol. The Hall–Kier alpha value is -1.60. The van der Waals surface area contributed by atoms with Crippen LogP contribution in [-0.4, -0.2) is 25.8 Å². The summed E-state index contributed by atoms with van der Waals surface area (Å²) in [4.78, 5) is 11.7. The van der Waals surface area contributed by atoms with Crippen LogP contribution in [0, 0.1) is 0 Å². The van der Waals surface area contributed by atoms with Crippen LogP contribution in [0.4, 0.5) is 0 Å². The molecule has 2 aromatic heterocycles. The maximum absolute atomic E-state index is 11.7. The molecule has 16 heavy (non-hydrogen) atoms. The summed E-state index contributed by atoms with van der Waals surface area (Å²) in [5.41, 5.74) is 5.20. The van der Waals surface area contributed by atoms with Crippen LogP contribution in [0.15, 0.2) is 27.6 Å². The van der Waals surface area contributed by atoms with Crippen molar-refractivity contribution >= 4 is 12.4 Å². The molecular weight excluding hydrogens is 234 g/mol. The van der Waals surface area contributed by atoms with Gasteiger partial charge in [-0.2, -0.15) is 4.68 Å². The predicted molar refractivity (Wildman–Crippen MR) is 58.8 cm³/mol. The lowest BCUT2D eigenvalue weighted by atomic mass is 10.4. The molecule has 0 saturated carbocycles. The van der Waals surface area contributed by atoms with Gasteiger partial charge >= 0.3 is 5.69 Å². The normalized spacial score (nSPS) is 12.1. The maximum atomic E-state index is 11.7. The van der Waals surface area contributed by atoms with E-state index in [2.05, 4.69) is 10.4 Å². The molecule has 0 aliphatic rings. The zero-order valence-electron chi connectivity index (χ0n) is 8.61. The number of rotatable bonds is 3. The number of furan rings is 1. The van der Waals surface area contributed by atoms with Crippen LogP contribution in [0.5, 0.6) is 0 Å². The fourth-order valence-corrected chi connectivity index (χ4v) is 1.19. The van der Waals surface area contributed by atoms with Crippen molar-refractivity contribution in [1.29, 1.82) is 0 Å². The fourth-order valence-electron chi connectivity index (χ4n) is 1.19. The molecule has 0 fully saturated rings. The summed E-state index contributed by atoms with van der Waals surface area (Å²) in [7, 11) is 0. The minimum absolute atomic E-state index is 0. The van der Waals surface area contributed by atoms with E-state index in [-0.39, 0.29) is 24.1 Å². The number of nitrogens with zero attached hydrogens (tertiary/aromatic N) is 4. The largest absolute Gasteiger partial charge is 0.446 e. The van der Waals surface area contributed by atoms with Crippen LogP contribution in [0.2, 0.25) is 0 Å². The second-order valence-electron chi connectivity index (χ2n) is 3.28. The van der Waals surface area contributed by atoms with Gasteiger partial charge in [-0.3, -0.25) is 0 Å². The van der Waals surface area contributed by atoms with Crippen molar-refractivity contribution in [1.82, 2.24) is 19.8 Å². The lowest BCUT2D eigenvalue weighted by molar-refractivity contribution is 0.506. The van der Waals surface area contributed by atoms with E-state index in [9.17, 15) is 4.79 Å². The first-order chi connectivity index (χ1) is 7.18. The van der Waals surface area contributed by atoms with Crippen molar-refractivity contribution in [3.8, 4) is 5.88 Å². The van der Waals surface area contributed by atoms with Crippen molar-refractivity contribution in [2.75, 3.05) is 0 Å². The molecule has 0 saturated heterocycles. The topological polar surface area (TPSA) is 91.9 Å². The monoisotopic (exact) mass is 245 g/mol. The minimum Gasteiger partial charge on any atom is -0.446 e. The van der Waals surface area contributed by atoms with E-state index in [1.165, 1.54) is 10.9 Å². The standard InChI is InChI=1S/C8H11N5O2.ClH/c1-6(9)5-12-8(14)13(11-10-12)7-3-2-4-15-7;/h2-4,6H,5,9H2,1H3;1H/t6-;/m0./s1. The Morgan fingerprint density at radius 2 is 2.31 bits per heavy atom. The Labute approximate surface area is 97.2 Å². The number of halogens is 1. The highest BCUT2D eigenvalue weighted by Crippen LogP contribution is 2.01. The Kier molecular flexibility index (Phi) is 3.86. The first-order valence-corrected chi connectivity index (χ1v) is 4.51. The molecule has 2 N–H and O–H groups in total. The van der Waals surface area contributed by atoms with Crippen molar-refractivity contribution in [3.05, 3.63) is 28.9 Å². The fraction of sp³-hybridized carbons (Fsp3) is 0.375. The Morgan fingerprint density at radius 3 is 2.88 bits per heavy atom. The third kappa shape index (κ3) is 2.31. The van der Waals surface area contributed by atoms with E-state index in [1.54, 1.807) is 19.1 Å². The quantitative estimate of drug-likeness (QED) is 0.808. The van der Waals surface area contributed by atoms with E-state index in [0.29, 0.717) is 12.4 Å². The molecule has 0 spiro atoms. The van der Waals surface area contributed by atoms with Crippen LogP contribution < -0.4 is 11.4 Å². The molecule has 0 aliphatic heterocycles. The molecule has 0 aromatic carbocycles. The predicted octanol–water partition coefficient (Wildman–Crippen LogP) is -0.209. The van der Waals surface area contributed by atoms with E-state index in [1.807, 2.05) is 0 Å². The summed E-state index contributed by atoms with van der Waals surface area (Å²) in [5, 5.41) is 7.37. The number of tetrazole rings is 1. The average Bonchev–Trinajstić information content (AvgIpc) is 2.76. The first-order valence-electron chi connectivity index (χ1n) is 4.51. The smallest absolute Gasteiger partial charge is 0.371 e. The highest BCUT2D eigenvalue weighted by molar-refractivity contribution is 5.85. The summed E-state index contributed by atoms with van der Waals surface area (Å²) in [6, 6.07) is 3.16. The van der Waals surface area contributed by atoms with Crippen molar-refractivity contribution in [3.63, 3.8) is 0 Å². The van der Waals surface area contributed by atoms with Crippen LogP contribution in [-0.2, 0) is 6.54 Å². The molecule has 0 radical (unpaired) electrons. The first kappa shape index (κ1) is 12.5. The number of hydrogen-bond acceptors (Lipinski definition) is 5. The van der Waals surface area contributed by atoms with Gasteiger partial charge in [0.2, 0.25) is 5.88 Å². The summed E-state index contributed by atoms with van der Waals surface area (Å²) in [5.74, 6) is 0.343. The van der Waals surface area contributed by atoms with Crippen LogP contribution in [0.3, 0.4) is 0 Å². The number of aromatic nitrogens is 4. The molecule has 1 atom stereocenters. The minimum atomic E-state index is -0.359. The van der Waals surface area contributed by atoms with E-state index in [4.69, 9.17) is 10.2 Å². The van der Waals surface area contributed by atoms with Gasteiger partial charge in [-0.15, -0.1) is 17.1 Å². The van der Waals surface area contributed by atoms with E-state index >= 15 is 0 Å². The van der Waals surface area contributed by atoms with Crippen LogP contribution in [0.1, 0.15) is 6.92 Å². The van der Waals surface area contributed by atoms with Gasteiger partial charge in [0.1, 0.15) is 0 Å². The lowest BCUT2D eigenvalue weighted by Gasteiger charge is -2.00. The Bertz CT molecular complexity index is 487. The third-order valence-electron chi connectivity index (χ3n) is 1.82. The van der Waals surface area contributed by atoms with E-state index < -0.39 is 0 Å². The third-order valence-corrected chi connectivity index (χ3v) is 1.82. The molecule has 88 valence electrons. The van der Waals surface area contributed by atoms with Gasteiger partial charge < -0.3 is 10.2 Å². The summed E-state index contributed by atoms with van der Waals surface area (Å²) >= 11 is 0. The van der Waals surface area contributed by atoms with Crippen LogP contribution >= 0.6 is 12.4 Å². The van der Waals surface area contributed by atoms with Gasteiger partial charge in [0, 0.05) is 12.1 Å². The molecule has 0 unspecified atom stereocenters. The lowest BCUT2D eigenvalue weighted by Crippen LogP contribution is -2.31. The van der Waals surface area contributed by atoms with Crippen LogP contribution in [0.25, 0.3) is 5.88 Å². The van der Waals surface area contributed by atoms with Gasteiger partial charge in [-0.1, -0.05) is 0 Å². The molecule has 0 bridgehead atoms. The highest BCUT2D eigenvalue weighted by atomic mass is 35.5. The molecule has 0 amide bonds. The SMILES string of the molecule is C[C@H](N)Cn1nnn(-c2ccco2)c1=O.Cl. The molecule has 2 heterocycles. The highest BCUT2D eigenvalue weighted by Gasteiger charge is 2.11. The van der Waals surface area contributed by atoms with Gasteiger partial charge in [0.15, 0.2) is 0 Å². The zero-order valence-corrected chi connectivity index (χ0v) is 9.42. The summed E-state index contributed by atoms with van der Waals surface area (Å²) in [6.07, 6.45) is 1.46. The van der Waals surface area contributed by atoms with Crippen molar-refractivity contribution in [2.45, 2.75) is 19.5 Å². The second-order valence-corrected chi connectivity index (χ2v) is 3.28. The maximum Gasteiger partial charge on any atom is 0.371 e. The molecule has 2 rings (SSSR count). The Balaban J connectivity index is 0.00000128. The summed E-state index contributed by atoms with van der Waals surface area (Å²) in [6.45, 7) is 2.12. The zero-order chi connectivity index (χ0) is 10.8. The van der Waals surface area contributed by atoms with Gasteiger partial charge in [0.25, 0.3) is 0 Å².